The molecule has 0 aliphatic carbocycles. The van der Waals surface area contributed by atoms with E-state index in [9.17, 15) is 0 Å². The molecule has 2 heteroatoms. The zero-order valence-electron chi connectivity index (χ0n) is 11.4. The maximum atomic E-state index is 5.24. The fraction of sp³-hybridized carbons (Fsp3) is 0.467. The Labute approximate surface area is 107 Å². The van der Waals surface area contributed by atoms with Crippen molar-refractivity contribution in [2.45, 2.75) is 32.0 Å². The first-order valence-corrected chi connectivity index (χ1v) is 9.38. The van der Waals surface area contributed by atoms with Crippen LogP contribution in [0, 0.1) is 0 Å². The predicted octanol–water partition coefficient (Wildman–Crippen LogP) is 3.58. The maximum absolute atomic E-state index is 5.24. The molecule has 0 spiro atoms. The molecule has 1 aromatic carbocycles. The molecule has 1 rings (SSSR count). The van der Waals surface area contributed by atoms with Crippen LogP contribution in [-0.4, -0.2) is 21.8 Å². The standard InChI is InChI=1S/C15H24OSi/c1-5-9-14(12-13-16-2)17(3,4)15-10-7-6-8-11-15/h5-11,14H,12-13H2,1-4H3/b9-5+/t14-/m0/s1. The Morgan fingerprint density at radius 1 is 1.24 bits per heavy atom. The predicted molar refractivity (Wildman–Crippen MR) is 78.6 cm³/mol. The van der Waals surface area contributed by atoms with E-state index in [4.69, 9.17) is 4.74 Å². The van der Waals surface area contributed by atoms with Gasteiger partial charge in [0, 0.05) is 13.7 Å². The largest absolute Gasteiger partial charge is 0.385 e. The lowest BCUT2D eigenvalue weighted by Gasteiger charge is -2.31. The van der Waals surface area contributed by atoms with E-state index in [0.717, 1.165) is 13.0 Å². The molecule has 1 atom stereocenters. The Morgan fingerprint density at radius 2 is 1.88 bits per heavy atom. The molecule has 0 bridgehead atoms. The van der Waals surface area contributed by atoms with Gasteiger partial charge in [0.1, 0.15) is 0 Å². The van der Waals surface area contributed by atoms with Crippen molar-refractivity contribution in [1.82, 2.24) is 0 Å². The first-order chi connectivity index (χ1) is 8.12. The van der Waals surface area contributed by atoms with E-state index in [2.05, 4.69) is 62.5 Å². The van der Waals surface area contributed by atoms with Crippen LogP contribution in [0.2, 0.25) is 18.6 Å². The molecular formula is C15H24OSi. The summed E-state index contributed by atoms with van der Waals surface area (Å²) in [6.07, 6.45) is 5.66. The van der Waals surface area contributed by atoms with Gasteiger partial charge in [0.05, 0.1) is 8.07 Å². The van der Waals surface area contributed by atoms with E-state index >= 15 is 0 Å². The van der Waals surface area contributed by atoms with Crippen molar-refractivity contribution in [3.05, 3.63) is 42.5 Å². The molecule has 17 heavy (non-hydrogen) atoms. The fourth-order valence-corrected chi connectivity index (χ4v) is 5.25. The fourth-order valence-electron chi connectivity index (χ4n) is 2.26. The number of methoxy groups -OCH3 is 1. The molecule has 0 unspecified atom stereocenters. The lowest BCUT2D eigenvalue weighted by atomic mass is 10.3. The molecule has 1 nitrogen and oxygen atoms in total. The van der Waals surface area contributed by atoms with E-state index in [1.807, 2.05) is 0 Å². The van der Waals surface area contributed by atoms with Gasteiger partial charge in [0.25, 0.3) is 0 Å². The first-order valence-electron chi connectivity index (χ1n) is 6.30. The third-order valence-corrected chi connectivity index (χ3v) is 7.66. The quantitative estimate of drug-likeness (QED) is 0.552. The smallest absolute Gasteiger partial charge is 0.0874 e. The third-order valence-electron chi connectivity index (χ3n) is 3.50. The summed E-state index contributed by atoms with van der Waals surface area (Å²) in [4.78, 5) is 0. The second-order valence-corrected chi connectivity index (χ2v) is 9.76. The van der Waals surface area contributed by atoms with Crippen LogP contribution in [0.25, 0.3) is 0 Å². The summed E-state index contributed by atoms with van der Waals surface area (Å²) >= 11 is 0. The van der Waals surface area contributed by atoms with Crippen LogP contribution in [0.15, 0.2) is 42.5 Å². The maximum Gasteiger partial charge on any atom is 0.0874 e. The van der Waals surface area contributed by atoms with E-state index in [-0.39, 0.29) is 0 Å². The molecule has 1 aromatic rings. The van der Waals surface area contributed by atoms with Gasteiger partial charge in [-0.25, -0.2) is 0 Å². The van der Waals surface area contributed by atoms with Crippen LogP contribution < -0.4 is 5.19 Å². The second-order valence-electron chi connectivity index (χ2n) is 5.00. The Hall–Kier alpha value is -0.863. The molecule has 0 N–H and O–H groups in total. The highest BCUT2D eigenvalue weighted by Gasteiger charge is 2.31. The minimum absolute atomic E-state index is 0.648. The minimum atomic E-state index is -1.43. The monoisotopic (exact) mass is 248 g/mol. The van der Waals surface area contributed by atoms with Gasteiger partial charge in [-0.05, 0) is 18.9 Å². The zero-order chi connectivity index (χ0) is 12.7. The SMILES string of the molecule is C/C=C/[C@@H](CCOC)[Si](C)(C)c1ccccc1. The van der Waals surface area contributed by atoms with Crippen molar-refractivity contribution in [3.8, 4) is 0 Å². The summed E-state index contributed by atoms with van der Waals surface area (Å²) < 4.78 is 5.24. The molecule has 94 valence electrons. The molecule has 0 saturated carbocycles. The molecule has 0 aromatic heterocycles. The van der Waals surface area contributed by atoms with Gasteiger partial charge in [-0.15, -0.1) is 0 Å². The number of hydrogen-bond donors (Lipinski definition) is 0. The Morgan fingerprint density at radius 3 is 2.41 bits per heavy atom. The lowest BCUT2D eigenvalue weighted by molar-refractivity contribution is 0.195. The van der Waals surface area contributed by atoms with Crippen molar-refractivity contribution < 1.29 is 4.74 Å². The average molecular weight is 248 g/mol. The number of allylic oxidation sites excluding steroid dienone is 2. The Bertz CT molecular complexity index is 343. The lowest BCUT2D eigenvalue weighted by Crippen LogP contribution is -2.45. The van der Waals surface area contributed by atoms with Crippen molar-refractivity contribution in [3.63, 3.8) is 0 Å². The van der Waals surface area contributed by atoms with Crippen molar-refractivity contribution in [2.75, 3.05) is 13.7 Å². The Balaban J connectivity index is 2.91. The molecule has 0 heterocycles. The number of benzene rings is 1. The third kappa shape index (κ3) is 3.82. The molecule has 0 aliphatic heterocycles. The normalized spacial score (nSPS) is 14.1. The van der Waals surface area contributed by atoms with E-state index < -0.39 is 8.07 Å². The first kappa shape index (κ1) is 14.2. The van der Waals surface area contributed by atoms with Gasteiger partial charge in [-0.1, -0.05) is 60.8 Å². The zero-order valence-corrected chi connectivity index (χ0v) is 12.4. The van der Waals surface area contributed by atoms with Gasteiger partial charge >= 0.3 is 0 Å². The number of ether oxygens (including phenoxy) is 1. The number of rotatable bonds is 6. The minimum Gasteiger partial charge on any atom is -0.385 e. The van der Waals surface area contributed by atoms with Crippen LogP contribution in [0.4, 0.5) is 0 Å². The summed E-state index contributed by atoms with van der Waals surface area (Å²) in [6, 6.07) is 10.9. The highest BCUT2D eigenvalue weighted by atomic mass is 28.3. The molecule has 0 amide bonds. The number of hydrogen-bond acceptors (Lipinski definition) is 1. The van der Waals surface area contributed by atoms with Crippen LogP contribution in [-0.2, 0) is 4.74 Å². The van der Waals surface area contributed by atoms with Crippen molar-refractivity contribution >= 4 is 13.3 Å². The van der Waals surface area contributed by atoms with Crippen LogP contribution in [0.5, 0.6) is 0 Å². The van der Waals surface area contributed by atoms with Crippen LogP contribution in [0.1, 0.15) is 13.3 Å². The molecular weight excluding hydrogens is 224 g/mol. The molecule has 0 saturated heterocycles. The van der Waals surface area contributed by atoms with Gasteiger partial charge in [0.15, 0.2) is 0 Å². The van der Waals surface area contributed by atoms with E-state index in [1.54, 1.807) is 7.11 Å². The topological polar surface area (TPSA) is 9.23 Å². The summed E-state index contributed by atoms with van der Waals surface area (Å²) in [5, 5.41) is 1.53. The summed E-state index contributed by atoms with van der Waals surface area (Å²) in [6.45, 7) is 7.85. The van der Waals surface area contributed by atoms with Crippen LogP contribution in [0.3, 0.4) is 0 Å². The van der Waals surface area contributed by atoms with E-state index in [1.165, 1.54) is 5.19 Å². The van der Waals surface area contributed by atoms with Crippen molar-refractivity contribution in [2.24, 2.45) is 0 Å². The average Bonchev–Trinajstić information content (AvgIpc) is 2.35. The van der Waals surface area contributed by atoms with Crippen LogP contribution >= 0.6 is 0 Å². The van der Waals surface area contributed by atoms with Gasteiger partial charge < -0.3 is 4.74 Å². The molecule has 0 fully saturated rings. The highest BCUT2D eigenvalue weighted by Crippen LogP contribution is 2.27. The summed E-state index contributed by atoms with van der Waals surface area (Å²) in [5.41, 5.74) is 0.648. The van der Waals surface area contributed by atoms with E-state index in [0.29, 0.717) is 5.54 Å². The summed E-state index contributed by atoms with van der Waals surface area (Å²) in [5.74, 6) is 0. The molecule has 0 radical (unpaired) electrons. The van der Waals surface area contributed by atoms with Crippen molar-refractivity contribution in [1.29, 1.82) is 0 Å². The van der Waals surface area contributed by atoms with Gasteiger partial charge in [0.2, 0.25) is 0 Å². The van der Waals surface area contributed by atoms with Gasteiger partial charge in [-0.3, -0.25) is 0 Å². The highest BCUT2D eigenvalue weighted by molar-refractivity contribution is 6.91. The second kappa shape index (κ2) is 6.77. The Kier molecular flexibility index (Phi) is 5.66. The van der Waals surface area contributed by atoms with Gasteiger partial charge in [-0.2, -0.15) is 0 Å². The summed E-state index contributed by atoms with van der Waals surface area (Å²) in [7, 11) is 0.348. The molecule has 0 aliphatic rings.